The Hall–Kier alpha value is -3.86. The summed E-state index contributed by atoms with van der Waals surface area (Å²) in [4.78, 5) is 18.6. The summed E-state index contributed by atoms with van der Waals surface area (Å²) in [6.07, 6.45) is 4.14. The fourth-order valence-corrected chi connectivity index (χ4v) is 3.60. The van der Waals surface area contributed by atoms with Crippen LogP contribution in [0.25, 0.3) is 6.08 Å². The highest BCUT2D eigenvalue weighted by Gasteiger charge is 2.13. The highest BCUT2D eigenvalue weighted by Crippen LogP contribution is 2.23. The molecular formula is C27H26N2O3. The number of ether oxygens (including phenoxy) is 2. The van der Waals surface area contributed by atoms with E-state index in [0.717, 1.165) is 41.2 Å². The molecule has 4 rings (SSSR count). The summed E-state index contributed by atoms with van der Waals surface area (Å²) in [5.74, 6) is 0.441. The number of rotatable bonds is 6. The van der Waals surface area contributed by atoms with Crippen LogP contribution in [0.4, 0.5) is 5.69 Å². The number of fused-ring (bicyclic) bond motifs is 1. The van der Waals surface area contributed by atoms with Crippen LogP contribution in [0.3, 0.4) is 0 Å². The van der Waals surface area contributed by atoms with E-state index >= 15 is 0 Å². The molecule has 3 aromatic rings. The van der Waals surface area contributed by atoms with Crippen molar-refractivity contribution in [3.8, 4) is 5.75 Å². The normalized spacial score (nSPS) is 13.3. The third-order valence-corrected chi connectivity index (χ3v) is 5.38. The van der Waals surface area contributed by atoms with Gasteiger partial charge in [-0.2, -0.15) is 0 Å². The molecule has 1 aliphatic heterocycles. The lowest BCUT2D eigenvalue weighted by molar-refractivity contribution is 0.0600. The van der Waals surface area contributed by atoms with Gasteiger partial charge in [-0.25, -0.2) is 4.79 Å². The summed E-state index contributed by atoms with van der Waals surface area (Å²) in [6, 6.07) is 23.6. The molecule has 1 heterocycles. The molecule has 5 heteroatoms. The zero-order chi connectivity index (χ0) is 22.3. The Balaban J connectivity index is 1.44. The van der Waals surface area contributed by atoms with Gasteiger partial charge in [0.05, 0.1) is 24.9 Å². The molecule has 5 nitrogen and oxygen atoms in total. The molecule has 0 amide bonds. The monoisotopic (exact) mass is 426 g/mol. The largest absolute Gasteiger partial charge is 0.489 e. The van der Waals surface area contributed by atoms with E-state index in [2.05, 4.69) is 42.3 Å². The van der Waals surface area contributed by atoms with Crippen molar-refractivity contribution < 1.29 is 14.3 Å². The number of hydrogen-bond acceptors (Lipinski definition) is 5. The molecule has 3 aromatic carbocycles. The lowest BCUT2D eigenvalue weighted by Gasteiger charge is -2.18. The van der Waals surface area contributed by atoms with Crippen LogP contribution in [0.2, 0.25) is 0 Å². The van der Waals surface area contributed by atoms with E-state index in [-0.39, 0.29) is 5.97 Å². The molecule has 0 unspecified atom stereocenters. The fourth-order valence-electron chi connectivity index (χ4n) is 3.60. The molecule has 0 radical (unpaired) electrons. The number of carbonyl (C=O) groups is 1. The van der Waals surface area contributed by atoms with Crippen LogP contribution >= 0.6 is 0 Å². The standard InChI is InChI=1S/C27H26N2O3/c1-29-17-16-28-25(24-8-3-4-9-26(24)29)15-12-20-6-5-7-23(18-20)32-19-21-10-13-22(14-11-21)27(30)31-2/h3-15,18H,16-17,19H2,1-2H3. The minimum atomic E-state index is -0.343. The van der Waals surface area contributed by atoms with E-state index in [4.69, 9.17) is 14.5 Å². The minimum Gasteiger partial charge on any atom is -0.489 e. The lowest BCUT2D eigenvalue weighted by Crippen LogP contribution is -2.20. The number of esters is 1. The SMILES string of the molecule is COC(=O)c1ccc(COc2cccc(C=CC3=NCCN(C)c4ccccc43)c2)cc1. The second kappa shape index (κ2) is 9.96. The fraction of sp³-hybridized carbons (Fsp3) is 0.185. The summed E-state index contributed by atoms with van der Waals surface area (Å²) in [6.45, 7) is 2.09. The first-order valence-electron chi connectivity index (χ1n) is 10.6. The van der Waals surface area contributed by atoms with Gasteiger partial charge >= 0.3 is 5.97 Å². The average Bonchev–Trinajstić information content (AvgIpc) is 3.00. The molecule has 0 aromatic heterocycles. The van der Waals surface area contributed by atoms with E-state index in [1.54, 1.807) is 12.1 Å². The summed E-state index contributed by atoms with van der Waals surface area (Å²) < 4.78 is 10.7. The van der Waals surface area contributed by atoms with Crippen LogP contribution in [0.1, 0.15) is 27.0 Å². The number of anilines is 1. The van der Waals surface area contributed by atoms with Crippen molar-refractivity contribution in [3.05, 3.63) is 101 Å². The van der Waals surface area contributed by atoms with Gasteiger partial charge in [0.15, 0.2) is 0 Å². The van der Waals surface area contributed by atoms with E-state index in [9.17, 15) is 4.79 Å². The number of methoxy groups -OCH3 is 1. The highest BCUT2D eigenvalue weighted by molar-refractivity contribution is 6.14. The first kappa shape index (κ1) is 21.4. The molecule has 0 aliphatic carbocycles. The summed E-state index contributed by atoms with van der Waals surface area (Å²) >= 11 is 0. The Morgan fingerprint density at radius 1 is 1.03 bits per heavy atom. The van der Waals surface area contributed by atoms with Gasteiger partial charge in [-0.15, -0.1) is 0 Å². The van der Waals surface area contributed by atoms with Crippen molar-refractivity contribution in [2.75, 3.05) is 32.1 Å². The molecule has 1 aliphatic rings. The first-order chi connectivity index (χ1) is 15.6. The van der Waals surface area contributed by atoms with Crippen LogP contribution in [0.15, 0.2) is 83.9 Å². The molecule has 32 heavy (non-hydrogen) atoms. The van der Waals surface area contributed by atoms with Crippen molar-refractivity contribution in [2.24, 2.45) is 4.99 Å². The van der Waals surface area contributed by atoms with Gasteiger partial charge < -0.3 is 14.4 Å². The van der Waals surface area contributed by atoms with Crippen molar-refractivity contribution in [2.45, 2.75) is 6.61 Å². The molecule has 0 N–H and O–H groups in total. The van der Waals surface area contributed by atoms with Crippen molar-refractivity contribution in [3.63, 3.8) is 0 Å². The number of benzodiazepines with no additional fused rings is 1. The smallest absolute Gasteiger partial charge is 0.337 e. The Labute approximate surface area is 188 Å². The molecule has 0 fully saturated rings. The van der Waals surface area contributed by atoms with Crippen molar-refractivity contribution in [1.82, 2.24) is 0 Å². The molecule has 0 saturated heterocycles. The highest BCUT2D eigenvalue weighted by atomic mass is 16.5. The van der Waals surface area contributed by atoms with E-state index in [1.807, 2.05) is 42.5 Å². The number of hydrogen-bond donors (Lipinski definition) is 0. The van der Waals surface area contributed by atoms with Gasteiger partial charge in [0.1, 0.15) is 12.4 Å². The molecule has 162 valence electrons. The first-order valence-corrected chi connectivity index (χ1v) is 10.6. The number of para-hydroxylation sites is 1. The Kier molecular flexibility index (Phi) is 6.66. The van der Waals surface area contributed by atoms with Gasteiger partial charge in [0.2, 0.25) is 0 Å². The number of carbonyl (C=O) groups excluding carboxylic acids is 1. The Morgan fingerprint density at radius 2 is 1.84 bits per heavy atom. The molecule has 0 atom stereocenters. The van der Waals surface area contributed by atoms with Gasteiger partial charge in [-0.1, -0.05) is 48.5 Å². The van der Waals surface area contributed by atoms with Gasteiger partial charge in [-0.05, 0) is 47.5 Å². The van der Waals surface area contributed by atoms with Gasteiger partial charge in [0.25, 0.3) is 0 Å². The zero-order valence-corrected chi connectivity index (χ0v) is 18.3. The van der Waals surface area contributed by atoms with Crippen molar-refractivity contribution >= 4 is 23.4 Å². The number of benzene rings is 3. The second-order valence-corrected chi connectivity index (χ2v) is 7.59. The van der Waals surface area contributed by atoms with E-state index < -0.39 is 0 Å². The number of aliphatic imine (C=N–C) groups is 1. The minimum absolute atomic E-state index is 0.343. The molecule has 0 saturated carbocycles. The van der Waals surface area contributed by atoms with Crippen LogP contribution < -0.4 is 9.64 Å². The third-order valence-electron chi connectivity index (χ3n) is 5.38. The average molecular weight is 427 g/mol. The van der Waals surface area contributed by atoms with Gasteiger partial charge in [-0.3, -0.25) is 4.99 Å². The molecule has 0 bridgehead atoms. The summed E-state index contributed by atoms with van der Waals surface area (Å²) in [7, 11) is 3.48. The van der Waals surface area contributed by atoms with E-state index in [0.29, 0.717) is 12.2 Å². The predicted octanol–water partition coefficient (Wildman–Crippen LogP) is 5.00. The predicted molar refractivity (Wildman–Crippen MR) is 129 cm³/mol. The maximum Gasteiger partial charge on any atom is 0.337 e. The van der Waals surface area contributed by atoms with Crippen LogP contribution in [-0.4, -0.2) is 38.9 Å². The van der Waals surface area contributed by atoms with Crippen LogP contribution in [-0.2, 0) is 11.3 Å². The topological polar surface area (TPSA) is 51.1 Å². The van der Waals surface area contributed by atoms with Crippen molar-refractivity contribution in [1.29, 1.82) is 0 Å². The molecular weight excluding hydrogens is 400 g/mol. The lowest BCUT2D eigenvalue weighted by atomic mass is 10.1. The maximum absolute atomic E-state index is 11.6. The maximum atomic E-state index is 11.6. The Bertz CT molecular complexity index is 1150. The summed E-state index contributed by atoms with van der Waals surface area (Å²) in [5.41, 5.74) is 5.88. The molecule has 0 spiro atoms. The number of likely N-dealkylation sites (N-methyl/N-ethyl adjacent to an activating group) is 1. The van der Waals surface area contributed by atoms with Crippen LogP contribution in [0.5, 0.6) is 5.75 Å². The summed E-state index contributed by atoms with van der Waals surface area (Å²) in [5, 5.41) is 0. The Morgan fingerprint density at radius 3 is 2.66 bits per heavy atom. The number of nitrogens with zero attached hydrogens (tertiary/aromatic N) is 2. The van der Waals surface area contributed by atoms with Gasteiger partial charge in [0, 0.05) is 24.8 Å². The number of allylic oxidation sites excluding steroid dienone is 1. The second-order valence-electron chi connectivity index (χ2n) is 7.59. The quantitative estimate of drug-likeness (QED) is 0.520. The third kappa shape index (κ3) is 5.06. The zero-order valence-electron chi connectivity index (χ0n) is 18.3. The van der Waals surface area contributed by atoms with Crippen LogP contribution in [0, 0.1) is 0 Å². The van der Waals surface area contributed by atoms with E-state index in [1.165, 1.54) is 12.8 Å².